The van der Waals surface area contributed by atoms with E-state index < -0.39 is 7.14 Å². The Bertz CT molecular complexity index is 1900. The highest BCUT2D eigenvalue weighted by Gasteiger charge is 2.31. The molecule has 0 bridgehead atoms. The molecule has 0 spiro atoms. The molecule has 1 nitrogen and oxygen atoms in total. The fourth-order valence-corrected chi connectivity index (χ4v) is 8.76. The molecule has 0 atom stereocenters. The van der Waals surface area contributed by atoms with Crippen LogP contribution in [0.2, 0.25) is 0 Å². The molecule has 0 saturated heterocycles. The number of hydrogen-bond donors (Lipinski definition) is 0. The van der Waals surface area contributed by atoms with Crippen molar-refractivity contribution in [2.45, 2.75) is 0 Å². The molecule has 7 aromatic carbocycles. The molecular formula is C34H22BrOP. The van der Waals surface area contributed by atoms with Crippen molar-refractivity contribution >= 4 is 71.3 Å². The topological polar surface area (TPSA) is 17.1 Å². The molecule has 0 fully saturated rings. The van der Waals surface area contributed by atoms with E-state index in [1.807, 2.05) is 60.7 Å². The summed E-state index contributed by atoms with van der Waals surface area (Å²) >= 11 is 3.56. The monoisotopic (exact) mass is 556 g/mol. The second-order valence-corrected chi connectivity index (χ2v) is 13.1. The van der Waals surface area contributed by atoms with Gasteiger partial charge < -0.3 is 4.57 Å². The molecule has 7 aromatic rings. The lowest BCUT2D eigenvalue weighted by atomic mass is 9.90. The van der Waals surface area contributed by atoms with Gasteiger partial charge in [-0.3, -0.25) is 0 Å². The molecular weight excluding hydrogens is 535 g/mol. The molecule has 0 radical (unpaired) electrons. The van der Waals surface area contributed by atoms with Crippen LogP contribution in [-0.4, -0.2) is 0 Å². The molecule has 0 unspecified atom stereocenters. The molecule has 0 aliphatic carbocycles. The summed E-state index contributed by atoms with van der Waals surface area (Å²) in [7, 11) is -3.12. The van der Waals surface area contributed by atoms with Gasteiger partial charge in [0, 0.05) is 20.4 Å². The summed E-state index contributed by atoms with van der Waals surface area (Å²) < 4.78 is 16.3. The van der Waals surface area contributed by atoms with Gasteiger partial charge in [-0.05, 0) is 61.6 Å². The summed E-state index contributed by atoms with van der Waals surface area (Å²) in [5.41, 5.74) is 2.38. The number of hydrogen-bond acceptors (Lipinski definition) is 1. The van der Waals surface area contributed by atoms with Crippen LogP contribution in [0.5, 0.6) is 0 Å². The molecule has 7 rings (SSSR count). The minimum atomic E-state index is -3.12. The van der Waals surface area contributed by atoms with Gasteiger partial charge in [0.05, 0.1) is 0 Å². The van der Waals surface area contributed by atoms with Crippen LogP contribution < -0.4 is 15.9 Å². The van der Waals surface area contributed by atoms with Crippen LogP contribution in [0.3, 0.4) is 0 Å². The van der Waals surface area contributed by atoms with E-state index in [1.165, 1.54) is 32.7 Å². The van der Waals surface area contributed by atoms with Crippen LogP contribution in [0, 0.1) is 0 Å². The van der Waals surface area contributed by atoms with Crippen molar-refractivity contribution in [3.63, 3.8) is 0 Å². The van der Waals surface area contributed by atoms with Crippen LogP contribution in [0.1, 0.15) is 0 Å². The summed E-state index contributed by atoms with van der Waals surface area (Å²) in [5.74, 6) is 0. The maximum absolute atomic E-state index is 15.3. The first kappa shape index (κ1) is 22.5. The van der Waals surface area contributed by atoms with E-state index in [4.69, 9.17) is 0 Å². The van der Waals surface area contributed by atoms with Crippen molar-refractivity contribution in [3.05, 3.63) is 138 Å². The van der Waals surface area contributed by atoms with Gasteiger partial charge in [-0.15, -0.1) is 0 Å². The summed E-state index contributed by atoms with van der Waals surface area (Å²) in [6, 6.07) is 45.8. The average molecular weight is 557 g/mol. The Kier molecular flexibility index (Phi) is 5.29. The van der Waals surface area contributed by atoms with E-state index in [0.29, 0.717) is 0 Å². The smallest absolute Gasteiger partial charge is 0.171 e. The fourth-order valence-electron chi connectivity index (χ4n) is 5.64. The van der Waals surface area contributed by atoms with Gasteiger partial charge in [0.15, 0.2) is 7.14 Å². The minimum Gasteiger partial charge on any atom is -0.309 e. The van der Waals surface area contributed by atoms with Gasteiger partial charge in [-0.2, -0.15) is 0 Å². The van der Waals surface area contributed by atoms with E-state index in [-0.39, 0.29) is 0 Å². The maximum atomic E-state index is 15.3. The standard InChI is InChI=1S/C34H22BrOP/c35-26-17-11-23(12-18-26)29-19-13-24-15-21-31-32(22-16-25-14-20-30(29)33(24)34(25)31)37(36,27-7-3-1-4-8-27)28-9-5-2-6-10-28/h1-22H. The normalized spacial score (nSPS) is 12.0. The molecule has 0 aliphatic rings. The third-order valence-electron chi connectivity index (χ3n) is 7.38. The van der Waals surface area contributed by atoms with Crippen LogP contribution in [-0.2, 0) is 4.57 Å². The summed E-state index contributed by atoms with van der Waals surface area (Å²) in [6.45, 7) is 0. The van der Waals surface area contributed by atoms with E-state index in [0.717, 1.165) is 31.2 Å². The molecule has 0 N–H and O–H groups in total. The zero-order valence-corrected chi connectivity index (χ0v) is 22.4. The van der Waals surface area contributed by atoms with Crippen molar-refractivity contribution in [2.24, 2.45) is 0 Å². The van der Waals surface area contributed by atoms with Crippen molar-refractivity contribution < 1.29 is 4.57 Å². The summed E-state index contributed by atoms with van der Waals surface area (Å²) in [6.07, 6.45) is 0. The highest BCUT2D eigenvalue weighted by Crippen LogP contribution is 2.47. The Morgan fingerprint density at radius 2 is 1.00 bits per heavy atom. The Hall–Kier alpha value is -3.71. The first-order chi connectivity index (χ1) is 18.1. The molecule has 0 amide bonds. The number of halogens is 1. The van der Waals surface area contributed by atoms with Crippen molar-refractivity contribution in [3.8, 4) is 11.1 Å². The molecule has 37 heavy (non-hydrogen) atoms. The Balaban J connectivity index is 1.59. The van der Waals surface area contributed by atoms with Crippen molar-refractivity contribution in [1.82, 2.24) is 0 Å². The minimum absolute atomic E-state index is 0.854. The van der Waals surface area contributed by atoms with Gasteiger partial charge in [-0.25, -0.2) is 0 Å². The van der Waals surface area contributed by atoms with Gasteiger partial charge >= 0.3 is 0 Å². The average Bonchev–Trinajstić information content (AvgIpc) is 2.97. The van der Waals surface area contributed by atoms with Crippen molar-refractivity contribution in [2.75, 3.05) is 0 Å². The predicted molar refractivity (Wildman–Crippen MR) is 163 cm³/mol. The molecule has 0 heterocycles. The largest absolute Gasteiger partial charge is 0.309 e. The number of benzene rings is 7. The number of rotatable bonds is 4. The Morgan fingerprint density at radius 3 is 1.62 bits per heavy atom. The molecule has 0 saturated carbocycles. The molecule has 0 aliphatic heterocycles. The molecule has 0 aromatic heterocycles. The first-order valence-electron chi connectivity index (χ1n) is 12.3. The highest BCUT2D eigenvalue weighted by atomic mass is 79.9. The lowest BCUT2D eigenvalue weighted by Gasteiger charge is -2.23. The van der Waals surface area contributed by atoms with Crippen LogP contribution >= 0.6 is 23.1 Å². The van der Waals surface area contributed by atoms with E-state index >= 15 is 4.57 Å². The van der Waals surface area contributed by atoms with E-state index in [2.05, 4.69) is 88.7 Å². The zero-order chi connectivity index (χ0) is 25.0. The molecule has 176 valence electrons. The van der Waals surface area contributed by atoms with E-state index in [1.54, 1.807) is 0 Å². The predicted octanol–water partition coefficient (Wildman–Crippen LogP) is 8.65. The second-order valence-electron chi connectivity index (χ2n) is 9.41. The SMILES string of the molecule is O=P(c1ccccc1)(c1ccccc1)c1ccc2ccc3c(-c4ccc(Br)cc4)ccc4ccc1c2c43. The zero-order valence-electron chi connectivity index (χ0n) is 19.9. The summed E-state index contributed by atoms with van der Waals surface area (Å²) in [4.78, 5) is 0. The van der Waals surface area contributed by atoms with Gasteiger partial charge in [0.2, 0.25) is 0 Å². The van der Waals surface area contributed by atoms with Crippen LogP contribution in [0.25, 0.3) is 43.4 Å². The fraction of sp³-hybridized carbons (Fsp3) is 0. The third-order valence-corrected chi connectivity index (χ3v) is 11.0. The lowest BCUT2D eigenvalue weighted by molar-refractivity contribution is 0.592. The third kappa shape index (κ3) is 3.48. The first-order valence-corrected chi connectivity index (χ1v) is 14.8. The van der Waals surface area contributed by atoms with Gasteiger partial charge in [-0.1, -0.05) is 131 Å². The van der Waals surface area contributed by atoms with Gasteiger partial charge in [0.1, 0.15) is 0 Å². The van der Waals surface area contributed by atoms with Gasteiger partial charge in [0.25, 0.3) is 0 Å². The Labute approximate surface area is 224 Å². The maximum Gasteiger partial charge on any atom is 0.171 e. The Morgan fingerprint density at radius 1 is 0.486 bits per heavy atom. The van der Waals surface area contributed by atoms with E-state index in [9.17, 15) is 0 Å². The highest BCUT2D eigenvalue weighted by molar-refractivity contribution is 9.10. The summed E-state index contributed by atoms with van der Waals surface area (Å²) in [5, 5.41) is 9.63. The van der Waals surface area contributed by atoms with Crippen molar-refractivity contribution in [1.29, 1.82) is 0 Å². The van der Waals surface area contributed by atoms with Crippen LogP contribution in [0.15, 0.2) is 138 Å². The van der Waals surface area contributed by atoms with Crippen LogP contribution in [0.4, 0.5) is 0 Å². The second kappa shape index (κ2) is 8.70. The quantitative estimate of drug-likeness (QED) is 0.156. The molecule has 3 heteroatoms. The lowest BCUT2D eigenvalue weighted by Crippen LogP contribution is -2.25.